The highest BCUT2D eigenvalue weighted by atomic mass is 35.5. The highest BCUT2D eigenvalue weighted by Crippen LogP contribution is 2.34. The summed E-state index contributed by atoms with van der Waals surface area (Å²) in [4.78, 5) is 0. The third-order valence-corrected chi connectivity index (χ3v) is 6.58. The van der Waals surface area contributed by atoms with Crippen LogP contribution >= 0.6 is 11.6 Å². The molecule has 7 heteroatoms. The number of hydrogen-bond donors (Lipinski definition) is 4. The third kappa shape index (κ3) is 5.06. The summed E-state index contributed by atoms with van der Waals surface area (Å²) in [6, 6.07) is 13.3. The molecule has 31 heavy (non-hydrogen) atoms. The molecule has 4 N–H and O–H groups in total. The van der Waals surface area contributed by atoms with Crippen molar-refractivity contribution in [2.75, 3.05) is 6.61 Å². The Hall–Kier alpha value is -1.67. The Kier molecular flexibility index (Phi) is 7.16. The normalized spacial score (nSPS) is 29.3. The van der Waals surface area contributed by atoms with Crippen molar-refractivity contribution >= 4 is 11.6 Å². The summed E-state index contributed by atoms with van der Waals surface area (Å²) in [7, 11) is 0. The van der Waals surface area contributed by atoms with Crippen LogP contribution in [0.2, 0.25) is 5.02 Å². The predicted octanol–water partition coefficient (Wildman–Crippen LogP) is 2.77. The van der Waals surface area contributed by atoms with Crippen LogP contribution in [-0.4, -0.2) is 57.6 Å². The van der Waals surface area contributed by atoms with Gasteiger partial charge >= 0.3 is 0 Å². The topological polar surface area (TPSA) is 99.4 Å². The number of aliphatic hydroxyl groups excluding tert-OH is 4. The molecule has 0 radical (unpaired) electrons. The fourth-order valence-corrected chi connectivity index (χ4v) is 4.57. The average Bonchev–Trinajstić information content (AvgIpc) is 3.28. The molecule has 2 fully saturated rings. The number of aliphatic hydroxyl groups is 4. The predicted molar refractivity (Wildman–Crippen MR) is 116 cm³/mol. The molecule has 1 unspecified atom stereocenters. The van der Waals surface area contributed by atoms with Crippen LogP contribution in [0.3, 0.4) is 0 Å². The summed E-state index contributed by atoms with van der Waals surface area (Å²) in [5.74, 6) is 0.872. The van der Waals surface area contributed by atoms with Gasteiger partial charge in [-0.25, -0.2) is 0 Å². The lowest BCUT2D eigenvalue weighted by molar-refractivity contribution is -0.231. The van der Waals surface area contributed by atoms with Gasteiger partial charge in [0.1, 0.15) is 36.3 Å². The second-order valence-electron chi connectivity index (χ2n) is 8.45. The van der Waals surface area contributed by atoms with E-state index >= 15 is 0 Å². The van der Waals surface area contributed by atoms with E-state index in [-0.39, 0.29) is 0 Å². The lowest BCUT2D eigenvalue weighted by atomic mass is 9.90. The Morgan fingerprint density at radius 2 is 1.65 bits per heavy atom. The van der Waals surface area contributed by atoms with Gasteiger partial charge in [-0.05, 0) is 67.0 Å². The second kappa shape index (κ2) is 9.86. The van der Waals surface area contributed by atoms with Crippen LogP contribution in [0.15, 0.2) is 42.5 Å². The molecule has 1 heterocycles. The first kappa shape index (κ1) is 22.5. The molecule has 2 aliphatic rings. The zero-order chi connectivity index (χ0) is 22.0. The van der Waals surface area contributed by atoms with E-state index in [1.54, 1.807) is 12.1 Å². The molecule has 5 atom stereocenters. The summed E-state index contributed by atoms with van der Waals surface area (Å²) >= 11 is 6.42. The Labute approximate surface area is 187 Å². The van der Waals surface area contributed by atoms with Gasteiger partial charge in [-0.15, -0.1) is 0 Å². The molecule has 4 rings (SSSR count). The molecule has 1 saturated carbocycles. The minimum atomic E-state index is -1.41. The van der Waals surface area contributed by atoms with Crippen molar-refractivity contribution in [3.05, 3.63) is 64.2 Å². The van der Waals surface area contributed by atoms with E-state index in [0.717, 1.165) is 29.7 Å². The van der Waals surface area contributed by atoms with E-state index in [9.17, 15) is 20.4 Å². The first-order chi connectivity index (χ1) is 15.0. The Morgan fingerprint density at radius 1 is 0.935 bits per heavy atom. The molecule has 2 aromatic carbocycles. The van der Waals surface area contributed by atoms with E-state index in [0.29, 0.717) is 23.1 Å². The minimum absolute atomic E-state index is 0.315. The highest BCUT2D eigenvalue weighted by Gasteiger charge is 2.44. The molecular weight excluding hydrogens is 420 g/mol. The molecule has 0 bridgehead atoms. The molecule has 0 spiro atoms. The van der Waals surface area contributed by atoms with Crippen LogP contribution in [0.25, 0.3) is 0 Å². The lowest BCUT2D eigenvalue weighted by Gasteiger charge is -2.40. The third-order valence-electron chi connectivity index (χ3n) is 6.21. The monoisotopic (exact) mass is 448 g/mol. The molecule has 2 aromatic rings. The van der Waals surface area contributed by atoms with E-state index in [4.69, 9.17) is 21.1 Å². The van der Waals surface area contributed by atoms with E-state index in [1.165, 1.54) is 12.8 Å². The van der Waals surface area contributed by atoms with Gasteiger partial charge in [0.2, 0.25) is 0 Å². The number of ether oxygens (including phenoxy) is 2. The Balaban J connectivity index is 1.49. The summed E-state index contributed by atoms with van der Waals surface area (Å²) in [5.41, 5.74) is 2.53. The van der Waals surface area contributed by atoms with Crippen LogP contribution in [0.5, 0.6) is 5.75 Å². The first-order valence-corrected chi connectivity index (χ1v) is 11.2. The van der Waals surface area contributed by atoms with Crippen LogP contribution in [0, 0.1) is 0 Å². The fourth-order valence-electron chi connectivity index (χ4n) is 4.39. The van der Waals surface area contributed by atoms with E-state index in [1.807, 2.05) is 30.3 Å². The van der Waals surface area contributed by atoms with Crippen molar-refractivity contribution in [3.8, 4) is 5.75 Å². The van der Waals surface area contributed by atoms with Gasteiger partial charge in [0.25, 0.3) is 0 Å². The molecule has 0 amide bonds. The van der Waals surface area contributed by atoms with Gasteiger partial charge in [-0.3, -0.25) is 0 Å². The van der Waals surface area contributed by atoms with Gasteiger partial charge < -0.3 is 29.9 Å². The maximum absolute atomic E-state index is 10.4. The zero-order valence-corrected chi connectivity index (χ0v) is 18.0. The van der Waals surface area contributed by atoms with Crippen molar-refractivity contribution in [1.29, 1.82) is 0 Å². The van der Waals surface area contributed by atoms with Crippen molar-refractivity contribution in [2.45, 2.75) is 68.7 Å². The van der Waals surface area contributed by atoms with Gasteiger partial charge in [0.05, 0.1) is 12.7 Å². The Bertz CT molecular complexity index is 865. The largest absolute Gasteiger partial charge is 0.490 e. The fraction of sp³-hybridized carbons (Fsp3) is 0.500. The van der Waals surface area contributed by atoms with Gasteiger partial charge in [-0.1, -0.05) is 35.9 Å². The summed E-state index contributed by atoms with van der Waals surface area (Å²) in [6.07, 6.45) is -0.371. The number of benzene rings is 2. The zero-order valence-electron chi connectivity index (χ0n) is 17.2. The quantitative estimate of drug-likeness (QED) is 0.542. The minimum Gasteiger partial charge on any atom is -0.490 e. The van der Waals surface area contributed by atoms with Crippen LogP contribution in [0.1, 0.15) is 48.5 Å². The van der Waals surface area contributed by atoms with Crippen LogP contribution in [0.4, 0.5) is 0 Å². The smallest absolute Gasteiger partial charge is 0.119 e. The molecule has 0 aromatic heterocycles. The summed E-state index contributed by atoms with van der Waals surface area (Å²) < 4.78 is 11.7. The van der Waals surface area contributed by atoms with Crippen molar-refractivity contribution in [3.63, 3.8) is 0 Å². The average molecular weight is 449 g/mol. The summed E-state index contributed by atoms with van der Waals surface area (Å²) in [5, 5.41) is 40.5. The van der Waals surface area contributed by atoms with Crippen molar-refractivity contribution in [2.24, 2.45) is 0 Å². The molecule has 6 nitrogen and oxygen atoms in total. The second-order valence-corrected chi connectivity index (χ2v) is 8.85. The van der Waals surface area contributed by atoms with Gasteiger partial charge in [-0.2, -0.15) is 0 Å². The van der Waals surface area contributed by atoms with Crippen LogP contribution in [-0.2, 0) is 11.2 Å². The Morgan fingerprint density at radius 3 is 2.32 bits per heavy atom. The first-order valence-electron chi connectivity index (χ1n) is 10.8. The van der Waals surface area contributed by atoms with Crippen LogP contribution < -0.4 is 4.74 Å². The molecular formula is C24H29ClO6. The standard InChI is InChI=1S/C24H29ClO6/c25-19-10-7-15(24-23(29)22(28)21(27)20(13-26)31-24)12-16(19)11-14-5-8-18(9-6-14)30-17-3-1-2-4-17/h5-10,12,17,20-24,26-29H,1-4,11,13H2/t20?,21-,22+,23-,24+/m1/s1. The van der Waals surface area contributed by atoms with Crippen molar-refractivity contribution < 1.29 is 29.9 Å². The number of halogens is 1. The van der Waals surface area contributed by atoms with Gasteiger partial charge in [0, 0.05) is 5.02 Å². The van der Waals surface area contributed by atoms with E-state index in [2.05, 4.69) is 0 Å². The molecule has 168 valence electrons. The SMILES string of the molecule is OCC1O[C@@H](c2ccc(Cl)c(Cc3ccc(OC4CCCC4)cc3)c2)[C@H](O)[C@@H](O)[C@@H]1O. The maximum atomic E-state index is 10.4. The van der Waals surface area contributed by atoms with Gasteiger partial charge in [0.15, 0.2) is 0 Å². The summed E-state index contributed by atoms with van der Waals surface area (Å²) in [6.45, 7) is -0.461. The molecule has 1 aliphatic carbocycles. The highest BCUT2D eigenvalue weighted by molar-refractivity contribution is 6.31. The molecule has 1 saturated heterocycles. The molecule has 1 aliphatic heterocycles. The van der Waals surface area contributed by atoms with E-state index < -0.39 is 37.1 Å². The van der Waals surface area contributed by atoms with Crippen molar-refractivity contribution in [1.82, 2.24) is 0 Å². The number of hydrogen-bond acceptors (Lipinski definition) is 6. The number of rotatable bonds is 6. The lowest BCUT2D eigenvalue weighted by Crippen LogP contribution is -2.55. The maximum Gasteiger partial charge on any atom is 0.119 e.